The Hall–Kier alpha value is -3.08. The Balaban J connectivity index is 1.98. The number of benzene rings is 2. The summed E-state index contributed by atoms with van der Waals surface area (Å²) in [6.45, 7) is 6.25. The molecule has 0 fully saturated rings. The van der Waals surface area contributed by atoms with Crippen molar-refractivity contribution < 1.29 is 4.74 Å². The van der Waals surface area contributed by atoms with Gasteiger partial charge in [0.2, 0.25) is 5.95 Å². The minimum Gasteiger partial charge on any atom is -0.497 e. The van der Waals surface area contributed by atoms with E-state index in [1.165, 1.54) is 0 Å². The SMILES string of the molecule is COc1cccc(Nc2cc(-c3ccccc3)nc(NC(C)(C)C)n2)c1. The second-order valence-electron chi connectivity index (χ2n) is 7.06. The average molecular weight is 348 g/mol. The topological polar surface area (TPSA) is 59.1 Å². The normalized spacial score (nSPS) is 11.1. The number of hydrogen-bond acceptors (Lipinski definition) is 5. The fourth-order valence-electron chi connectivity index (χ4n) is 2.51. The fourth-order valence-corrected chi connectivity index (χ4v) is 2.51. The molecule has 26 heavy (non-hydrogen) atoms. The molecule has 0 saturated heterocycles. The largest absolute Gasteiger partial charge is 0.497 e. The van der Waals surface area contributed by atoms with E-state index in [0.29, 0.717) is 5.95 Å². The molecule has 0 saturated carbocycles. The summed E-state index contributed by atoms with van der Waals surface area (Å²) in [6.07, 6.45) is 0. The smallest absolute Gasteiger partial charge is 0.225 e. The molecule has 0 aliphatic rings. The lowest BCUT2D eigenvalue weighted by atomic mass is 10.1. The molecule has 0 amide bonds. The van der Waals surface area contributed by atoms with Crippen molar-refractivity contribution in [2.45, 2.75) is 26.3 Å². The van der Waals surface area contributed by atoms with Crippen LogP contribution in [0, 0.1) is 0 Å². The molecule has 2 N–H and O–H groups in total. The van der Waals surface area contributed by atoms with Crippen molar-refractivity contribution in [2.24, 2.45) is 0 Å². The van der Waals surface area contributed by atoms with Gasteiger partial charge in [-0.05, 0) is 32.9 Å². The van der Waals surface area contributed by atoms with Crippen LogP contribution in [0.4, 0.5) is 17.5 Å². The maximum atomic E-state index is 5.29. The second-order valence-corrected chi connectivity index (χ2v) is 7.06. The molecule has 0 atom stereocenters. The van der Waals surface area contributed by atoms with Crippen molar-refractivity contribution in [3.8, 4) is 17.0 Å². The van der Waals surface area contributed by atoms with E-state index in [1.54, 1.807) is 7.11 Å². The van der Waals surface area contributed by atoms with Crippen LogP contribution in [0.1, 0.15) is 20.8 Å². The second kappa shape index (κ2) is 7.44. The molecule has 0 radical (unpaired) electrons. The van der Waals surface area contributed by atoms with E-state index in [4.69, 9.17) is 4.74 Å². The third kappa shape index (κ3) is 4.72. The van der Waals surface area contributed by atoms with Crippen molar-refractivity contribution in [3.05, 3.63) is 60.7 Å². The Morgan fingerprint density at radius 1 is 0.885 bits per heavy atom. The van der Waals surface area contributed by atoms with E-state index in [9.17, 15) is 0 Å². The van der Waals surface area contributed by atoms with Gasteiger partial charge in [-0.15, -0.1) is 0 Å². The van der Waals surface area contributed by atoms with E-state index in [2.05, 4.69) is 41.4 Å². The predicted molar refractivity (Wildman–Crippen MR) is 107 cm³/mol. The van der Waals surface area contributed by atoms with Crippen LogP contribution in [0.25, 0.3) is 11.3 Å². The van der Waals surface area contributed by atoms with Crippen molar-refractivity contribution in [1.29, 1.82) is 0 Å². The molecule has 3 rings (SSSR count). The summed E-state index contributed by atoms with van der Waals surface area (Å²) in [5.41, 5.74) is 2.67. The first-order valence-corrected chi connectivity index (χ1v) is 8.57. The third-order valence-electron chi connectivity index (χ3n) is 3.62. The van der Waals surface area contributed by atoms with Gasteiger partial charge < -0.3 is 15.4 Å². The molecule has 5 nitrogen and oxygen atoms in total. The van der Waals surface area contributed by atoms with Gasteiger partial charge in [0.05, 0.1) is 12.8 Å². The van der Waals surface area contributed by atoms with Gasteiger partial charge in [-0.3, -0.25) is 0 Å². The van der Waals surface area contributed by atoms with Crippen molar-refractivity contribution in [3.63, 3.8) is 0 Å². The maximum Gasteiger partial charge on any atom is 0.225 e. The number of ether oxygens (including phenoxy) is 1. The van der Waals surface area contributed by atoms with Crippen LogP contribution in [-0.2, 0) is 0 Å². The molecule has 0 aliphatic heterocycles. The number of nitrogens with zero attached hydrogens (tertiary/aromatic N) is 2. The molecule has 1 heterocycles. The Labute approximate surface area is 154 Å². The summed E-state index contributed by atoms with van der Waals surface area (Å²) >= 11 is 0. The molecular weight excluding hydrogens is 324 g/mol. The highest BCUT2D eigenvalue weighted by Crippen LogP contribution is 2.26. The lowest BCUT2D eigenvalue weighted by Crippen LogP contribution is -2.27. The standard InChI is InChI=1S/C21H24N4O/c1-21(2,3)25-20-23-18(15-9-6-5-7-10-15)14-19(24-20)22-16-11-8-12-17(13-16)26-4/h5-14H,1-4H3,(H2,22,23,24,25). The minimum absolute atomic E-state index is 0.136. The Morgan fingerprint density at radius 2 is 1.65 bits per heavy atom. The number of methoxy groups -OCH3 is 1. The van der Waals surface area contributed by atoms with Crippen molar-refractivity contribution in [1.82, 2.24) is 9.97 Å². The zero-order valence-corrected chi connectivity index (χ0v) is 15.6. The van der Waals surface area contributed by atoms with Crippen LogP contribution in [0.5, 0.6) is 5.75 Å². The highest BCUT2D eigenvalue weighted by molar-refractivity contribution is 5.67. The molecule has 3 aromatic rings. The maximum absolute atomic E-state index is 5.29. The number of hydrogen-bond donors (Lipinski definition) is 2. The molecular formula is C21H24N4O. The summed E-state index contributed by atoms with van der Waals surface area (Å²) in [4.78, 5) is 9.30. The molecule has 134 valence electrons. The zero-order valence-electron chi connectivity index (χ0n) is 15.6. The van der Waals surface area contributed by atoms with Gasteiger partial charge in [0.25, 0.3) is 0 Å². The lowest BCUT2D eigenvalue weighted by molar-refractivity contribution is 0.415. The van der Waals surface area contributed by atoms with E-state index in [0.717, 1.165) is 28.5 Å². The summed E-state index contributed by atoms with van der Waals surface area (Å²) in [6, 6.07) is 19.8. The molecule has 0 bridgehead atoms. The van der Waals surface area contributed by atoms with E-state index in [1.807, 2.05) is 60.7 Å². The van der Waals surface area contributed by atoms with E-state index in [-0.39, 0.29) is 5.54 Å². The Morgan fingerprint density at radius 3 is 2.35 bits per heavy atom. The van der Waals surface area contributed by atoms with Crippen molar-refractivity contribution in [2.75, 3.05) is 17.7 Å². The summed E-state index contributed by atoms with van der Waals surface area (Å²) < 4.78 is 5.29. The van der Waals surface area contributed by atoms with Crippen LogP contribution in [0.2, 0.25) is 0 Å². The number of aromatic nitrogens is 2. The number of nitrogens with one attached hydrogen (secondary N) is 2. The Bertz CT molecular complexity index is 873. The fraction of sp³-hybridized carbons (Fsp3) is 0.238. The molecule has 1 aromatic heterocycles. The highest BCUT2D eigenvalue weighted by atomic mass is 16.5. The van der Waals surface area contributed by atoms with Gasteiger partial charge in [-0.25, -0.2) is 4.98 Å². The first-order valence-electron chi connectivity index (χ1n) is 8.57. The first kappa shape index (κ1) is 17.7. The summed E-state index contributed by atoms with van der Waals surface area (Å²) in [7, 11) is 1.66. The quantitative estimate of drug-likeness (QED) is 0.671. The Kier molecular flexibility index (Phi) is 5.07. The summed E-state index contributed by atoms with van der Waals surface area (Å²) in [5.74, 6) is 2.10. The molecule has 2 aromatic carbocycles. The van der Waals surface area contributed by atoms with Crippen molar-refractivity contribution >= 4 is 17.5 Å². The van der Waals surface area contributed by atoms with Crippen LogP contribution in [0.3, 0.4) is 0 Å². The molecule has 5 heteroatoms. The minimum atomic E-state index is -0.136. The van der Waals surface area contributed by atoms with E-state index >= 15 is 0 Å². The van der Waals surface area contributed by atoms with Gasteiger partial charge in [0.1, 0.15) is 11.6 Å². The van der Waals surface area contributed by atoms with Crippen LogP contribution in [-0.4, -0.2) is 22.6 Å². The third-order valence-corrected chi connectivity index (χ3v) is 3.62. The van der Waals surface area contributed by atoms with E-state index < -0.39 is 0 Å². The van der Waals surface area contributed by atoms with Gasteiger partial charge in [-0.1, -0.05) is 36.4 Å². The first-order chi connectivity index (χ1) is 12.4. The number of rotatable bonds is 5. The van der Waals surface area contributed by atoms with Crippen LogP contribution < -0.4 is 15.4 Å². The monoisotopic (exact) mass is 348 g/mol. The molecule has 0 spiro atoms. The predicted octanol–water partition coefficient (Wildman–Crippen LogP) is 5.11. The average Bonchev–Trinajstić information content (AvgIpc) is 2.61. The lowest BCUT2D eigenvalue weighted by Gasteiger charge is -2.21. The number of anilines is 3. The highest BCUT2D eigenvalue weighted by Gasteiger charge is 2.14. The molecule has 0 unspecified atom stereocenters. The van der Waals surface area contributed by atoms with Crippen LogP contribution in [0.15, 0.2) is 60.7 Å². The summed E-state index contributed by atoms with van der Waals surface area (Å²) in [5, 5.41) is 6.70. The zero-order chi connectivity index (χ0) is 18.6. The van der Waals surface area contributed by atoms with Gasteiger partial charge >= 0.3 is 0 Å². The van der Waals surface area contributed by atoms with Gasteiger partial charge in [-0.2, -0.15) is 4.98 Å². The van der Waals surface area contributed by atoms with Gasteiger partial charge in [0.15, 0.2) is 0 Å². The molecule has 0 aliphatic carbocycles. The van der Waals surface area contributed by atoms with Gasteiger partial charge in [0, 0.05) is 28.9 Å². The van der Waals surface area contributed by atoms with Crippen LogP contribution >= 0.6 is 0 Å².